The van der Waals surface area contributed by atoms with Gasteiger partial charge in [0.2, 0.25) is 5.91 Å². The van der Waals surface area contributed by atoms with Crippen molar-refractivity contribution in [3.05, 3.63) is 46.0 Å². The van der Waals surface area contributed by atoms with Gasteiger partial charge in [-0.05, 0) is 37.6 Å². The third-order valence-electron chi connectivity index (χ3n) is 3.11. The third kappa shape index (κ3) is 6.29. The summed E-state index contributed by atoms with van der Waals surface area (Å²) in [5.74, 6) is -0.562. The first-order chi connectivity index (χ1) is 11.0. The molecule has 1 aromatic rings. The normalized spacial score (nSPS) is 10.5. The molecule has 0 spiro atoms. The van der Waals surface area contributed by atoms with Crippen LogP contribution in [0.5, 0.6) is 0 Å². The van der Waals surface area contributed by atoms with Crippen LogP contribution < -0.4 is 0 Å². The molecule has 124 valence electrons. The number of hydrogen-bond acceptors (Lipinski definition) is 5. The number of ether oxygens (including phenoxy) is 1. The van der Waals surface area contributed by atoms with Crippen LogP contribution in [0.3, 0.4) is 0 Å². The number of carbonyl (C=O) groups excluding carboxylic acids is 2. The van der Waals surface area contributed by atoms with E-state index in [-0.39, 0.29) is 24.0 Å². The number of carbonyl (C=O) groups is 2. The van der Waals surface area contributed by atoms with Gasteiger partial charge in [-0.2, -0.15) is 0 Å². The molecule has 1 rings (SSSR count). The first kappa shape index (κ1) is 18.3. The van der Waals surface area contributed by atoms with Crippen molar-refractivity contribution in [2.75, 3.05) is 19.7 Å². The van der Waals surface area contributed by atoms with Gasteiger partial charge in [-0.25, -0.2) is 0 Å². The number of non-ortho nitro benzene ring substituents is 1. The number of nitro groups is 1. The van der Waals surface area contributed by atoms with E-state index in [2.05, 4.69) is 0 Å². The number of benzene rings is 1. The van der Waals surface area contributed by atoms with E-state index in [0.29, 0.717) is 25.3 Å². The summed E-state index contributed by atoms with van der Waals surface area (Å²) < 4.78 is 4.83. The minimum Gasteiger partial charge on any atom is -0.466 e. The van der Waals surface area contributed by atoms with E-state index < -0.39 is 4.92 Å². The van der Waals surface area contributed by atoms with E-state index >= 15 is 0 Å². The zero-order chi connectivity index (χ0) is 17.2. The minimum absolute atomic E-state index is 0.00176. The molecule has 7 heteroatoms. The van der Waals surface area contributed by atoms with E-state index in [9.17, 15) is 19.7 Å². The summed E-state index contributed by atoms with van der Waals surface area (Å²) in [7, 11) is 0. The number of rotatable bonds is 8. The lowest BCUT2D eigenvalue weighted by atomic mass is 10.2. The molecule has 0 aromatic heterocycles. The maximum absolute atomic E-state index is 12.1. The zero-order valence-corrected chi connectivity index (χ0v) is 13.2. The molecule has 0 N–H and O–H groups in total. The Morgan fingerprint density at radius 1 is 1.26 bits per heavy atom. The van der Waals surface area contributed by atoms with Gasteiger partial charge >= 0.3 is 5.97 Å². The van der Waals surface area contributed by atoms with Crippen LogP contribution in [-0.2, 0) is 14.3 Å². The Kier molecular flexibility index (Phi) is 7.45. The van der Waals surface area contributed by atoms with Crippen molar-refractivity contribution >= 4 is 23.6 Å². The van der Waals surface area contributed by atoms with Crippen molar-refractivity contribution in [1.29, 1.82) is 0 Å². The Morgan fingerprint density at radius 3 is 2.43 bits per heavy atom. The van der Waals surface area contributed by atoms with Crippen molar-refractivity contribution in [2.45, 2.75) is 20.3 Å². The van der Waals surface area contributed by atoms with Gasteiger partial charge in [-0.1, -0.05) is 0 Å². The van der Waals surface area contributed by atoms with Gasteiger partial charge in [0.05, 0.1) is 18.0 Å². The fourth-order valence-corrected chi connectivity index (χ4v) is 1.86. The standard InChI is InChI=1S/C16H20N2O5/c1-3-17(12-11-16(20)23-4-2)15(19)10-7-13-5-8-14(9-6-13)18(21)22/h5-10H,3-4,11-12H2,1-2H3/b10-7+. The topological polar surface area (TPSA) is 89.8 Å². The van der Waals surface area contributed by atoms with E-state index in [0.717, 1.165) is 0 Å². The smallest absolute Gasteiger partial charge is 0.307 e. The van der Waals surface area contributed by atoms with E-state index in [1.54, 1.807) is 25.1 Å². The highest BCUT2D eigenvalue weighted by Gasteiger charge is 2.11. The lowest BCUT2D eigenvalue weighted by molar-refractivity contribution is -0.384. The van der Waals surface area contributed by atoms with Crippen LogP contribution >= 0.6 is 0 Å². The fourth-order valence-electron chi connectivity index (χ4n) is 1.86. The summed E-state index contributed by atoms with van der Waals surface area (Å²) in [5, 5.41) is 10.6. The van der Waals surface area contributed by atoms with Crippen molar-refractivity contribution < 1.29 is 19.2 Å². The maximum atomic E-state index is 12.1. The van der Waals surface area contributed by atoms with Gasteiger partial charge in [0.25, 0.3) is 5.69 Å². The van der Waals surface area contributed by atoms with Crippen LogP contribution in [0.1, 0.15) is 25.8 Å². The molecule has 23 heavy (non-hydrogen) atoms. The Labute approximate surface area is 134 Å². The van der Waals surface area contributed by atoms with Gasteiger partial charge < -0.3 is 9.64 Å². The van der Waals surface area contributed by atoms with Crippen LogP contribution in [0.25, 0.3) is 6.08 Å². The highest BCUT2D eigenvalue weighted by molar-refractivity contribution is 5.92. The average Bonchev–Trinajstić information content (AvgIpc) is 2.54. The minimum atomic E-state index is -0.479. The summed E-state index contributed by atoms with van der Waals surface area (Å²) in [4.78, 5) is 35.0. The predicted molar refractivity (Wildman–Crippen MR) is 85.6 cm³/mol. The molecule has 0 aliphatic rings. The first-order valence-electron chi connectivity index (χ1n) is 7.35. The molecule has 0 bridgehead atoms. The third-order valence-corrected chi connectivity index (χ3v) is 3.11. The molecule has 0 aliphatic heterocycles. The fraction of sp³-hybridized carbons (Fsp3) is 0.375. The molecular formula is C16H20N2O5. The van der Waals surface area contributed by atoms with Crippen LogP contribution in [-0.4, -0.2) is 41.4 Å². The monoisotopic (exact) mass is 320 g/mol. The van der Waals surface area contributed by atoms with Crippen LogP contribution in [0.15, 0.2) is 30.3 Å². The van der Waals surface area contributed by atoms with Gasteiger partial charge in [0.1, 0.15) is 0 Å². The molecule has 0 saturated carbocycles. The molecule has 0 aliphatic carbocycles. The number of esters is 1. The predicted octanol–water partition coefficient (Wildman–Crippen LogP) is 2.41. The van der Waals surface area contributed by atoms with Crippen molar-refractivity contribution in [1.82, 2.24) is 4.90 Å². The van der Waals surface area contributed by atoms with E-state index in [1.807, 2.05) is 6.92 Å². The lowest BCUT2D eigenvalue weighted by Gasteiger charge is -2.18. The number of amides is 1. The summed E-state index contributed by atoms with van der Waals surface area (Å²) in [6.07, 6.45) is 3.12. The number of nitro benzene ring substituents is 1. The van der Waals surface area contributed by atoms with E-state index in [4.69, 9.17) is 4.74 Å². The van der Waals surface area contributed by atoms with Crippen LogP contribution in [0, 0.1) is 10.1 Å². The van der Waals surface area contributed by atoms with Crippen molar-refractivity contribution in [3.8, 4) is 0 Å². The quantitative estimate of drug-likeness (QED) is 0.317. The van der Waals surface area contributed by atoms with Gasteiger partial charge in [-0.15, -0.1) is 0 Å². The van der Waals surface area contributed by atoms with Crippen LogP contribution in [0.4, 0.5) is 5.69 Å². The second-order valence-electron chi connectivity index (χ2n) is 4.65. The number of hydrogen-bond donors (Lipinski definition) is 0. The van der Waals surface area contributed by atoms with Crippen LogP contribution in [0.2, 0.25) is 0 Å². The molecule has 7 nitrogen and oxygen atoms in total. The van der Waals surface area contributed by atoms with Gasteiger partial charge in [-0.3, -0.25) is 19.7 Å². The molecule has 1 amide bonds. The highest BCUT2D eigenvalue weighted by Crippen LogP contribution is 2.13. The molecule has 1 aromatic carbocycles. The molecule has 0 fully saturated rings. The Balaban J connectivity index is 2.60. The summed E-state index contributed by atoms with van der Waals surface area (Å²) >= 11 is 0. The first-order valence-corrected chi connectivity index (χ1v) is 7.35. The van der Waals surface area contributed by atoms with Crippen molar-refractivity contribution in [3.63, 3.8) is 0 Å². The van der Waals surface area contributed by atoms with Gasteiger partial charge in [0.15, 0.2) is 0 Å². The molecule has 0 heterocycles. The molecule has 0 saturated heterocycles. The summed E-state index contributed by atoms with van der Waals surface area (Å²) in [5.41, 5.74) is 0.684. The Morgan fingerprint density at radius 2 is 1.91 bits per heavy atom. The summed E-state index contributed by atoms with van der Waals surface area (Å²) in [6, 6.07) is 5.89. The second-order valence-corrected chi connectivity index (χ2v) is 4.65. The summed E-state index contributed by atoms with van der Waals surface area (Å²) in [6.45, 7) is 4.64. The van der Waals surface area contributed by atoms with Gasteiger partial charge in [0, 0.05) is 31.3 Å². The second kappa shape index (κ2) is 9.34. The zero-order valence-electron chi connectivity index (χ0n) is 13.2. The highest BCUT2D eigenvalue weighted by atomic mass is 16.6. The largest absolute Gasteiger partial charge is 0.466 e. The SMILES string of the molecule is CCOC(=O)CCN(CC)C(=O)/C=C/c1ccc([N+](=O)[O-])cc1. The van der Waals surface area contributed by atoms with E-state index in [1.165, 1.54) is 23.1 Å². The maximum Gasteiger partial charge on any atom is 0.307 e. The molecule has 0 unspecified atom stereocenters. The molecule has 0 radical (unpaired) electrons. The number of likely N-dealkylation sites (N-methyl/N-ethyl adjacent to an activating group) is 1. The Hall–Kier alpha value is -2.70. The molecule has 0 atom stereocenters. The molecular weight excluding hydrogens is 300 g/mol. The average molecular weight is 320 g/mol. The Bertz CT molecular complexity index is 581. The number of nitrogens with zero attached hydrogens (tertiary/aromatic N) is 2. The van der Waals surface area contributed by atoms with Crippen molar-refractivity contribution in [2.24, 2.45) is 0 Å². The lowest BCUT2D eigenvalue weighted by Crippen LogP contribution is -2.31.